The second-order valence-corrected chi connectivity index (χ2v) is 4.60. The van der Waals surface area contributed by atoms with Crippen molar-refractivity contribution in [2.24, 2.45) is 0 Å². The molecule has 0 bridgehead atoms. The lowest BCUT2D eigenvalue weighted by Gasteiger charge is -2.38. The highest BCUT2D eigenvalue weighted by molar-refractivity contribution is 5.84. The first-order valence-corrected chi connectivity index (χ1v) is 6.35. The minimum atomic E-state index is -0.0447. The molecular formula is C12H23N3O2. The van der Waals surface area contributed by atoms with Crippen LogP contribution in [0, 0.1) is 0 Å². The van der Waals surface area contributed by atoms with E-state index in [2.05, 4.69) is 17.6 Å². The van der Waals surface area contributed by atoms with Crippen molar-refractivity contribution < 1.29 is 9.59 Å². The fourth-order valence-corrected chi connectivity index (χ4v) is 2.00. The lowest BCUT2D eigenvalue weighted by atomic mass is 10.1. The van der Waals surface area contributed by atoms with E-state index in [9.17, 15) is 9.59 Å². The van der Waals surface area contributed by atoms with Crippen LogP contribution >= 0.6 is 0 Å². The third kappa shape index (κ3) is 4.00. The van der Waals surface area contributed by atoms with E-state index in [1.165, 1.54) is 0 Å². The highest BCUT2D eigenvalue weighted by Gasteiger charge is 2.27. The third-order valence-corrected chi connectivity index (χ3v) is 3.27. The smallest absolute Gasteiger partial charge is 0.242 e. The average Bonchev–Trinajstić information content (AvgIpc) is 2.30. The van der Waals surface area contributed by atoms with Gasteiger partial charge in [0.05, 0.1) is 6.54 Å². The van der Waals surface area contributed by atoms with E-state index < -0.39 is 0 Å². The van der Waals surface area contributed by atoms with Gasteiger partial charge in [0.25, 0.3) is 0 Å². The van der Waals surface area contributed by atoms with E-state index in [4.69, 9.17) is 0 Å². The number of nitrogens with one attached hydrogen (secondary N) is 2. The predicted molar refractivity (Wildman–Crippen MR) is 66.6 cm³/mol. The molecule has 17 heavy (non-hydrogen) atoms. The van der Waals surface area contributed by atoms with E-state index in [-0.39, 0.29) is 24.4 Å². The molecule has 2 atom stereocenters. The minimum absolute atomic E-state index is 0.00954. The predicted octanol–water partition coefficient (Wildman–Crippen LogP) is 0.112. The van der Waals surface area contributed by atoms with Crippen molar-refractivity contribution in [2.45, 2.75) is 45.7 Å². The Bertz CT molecular complexity index is 281. The van der Waals surface area contributed by atoms with Crippen molar-refractivity contribution in [3.63, 3.8) is 0 Å². The normalized spacial score (nSPS) is 24.5. The molecule has 2 unspecified atom stereocenters. The van der Waals surface area contributed by atoms with Crippen LogP contribution in [-0.2, 0) is 9.59 Å². The van der Waals surface area contributed by atoms with Gasteiger partial charge in [0.15, 0.2) is 0 Å². The molecule has 5 nitrogen and oxygen atoms in total. The molecule has 1 aliphatic heterocycles. The van der Waals surface area contributed by atoms with Gasteiger partial charge in [-0.05, 0) is 20.3 Å². The summed E-state index contributed by atoms with van der Waals surface area (Å²) in [6.07, 6.45) is 1.29. The zero-order valence-corrected chi connectivity index (χ0v) is 11.0. The van der Waals surface area contributed by atoms with Gasteiger partial charge >= 0.3 is 0 Å². The Morgan fingerprint density at radius 3 is 2.76 bits per heavy atom. The first-order chi connectivity index (χ1) is 8.06. The minimum Gasteiger partial charge on any atom is -0.347 e. The summed E-state index contributed by atoms with van der Waals surface area (Å²) in [6, 6.07) is 0.485. The summed E-state index contributed by atoms with van der Waals surface area (Å²) in [5.41, 5.74) is 0. The molecule has 0 aromatic heterocycles. The number of piperazine rings is 1. The Hall–Kier alpha value is -1.10. The van der Waals surface area contributed by atoms with Crippen molar-refractivity contribution in [2.75, 3.05) is 19.6 Å². The topological polar surface area (TPSA) is 61.4 Å². The average molecular weight is 241 g/mol. The summed E-state index contributed by atoms with van der Waals surface area (Å²) < 4.78 is 0. The molecule has 98 valence electrons. The molecule has 0 radical (unpaired) electrons. The Morgan fingerprint density at radius 2 is 2.12 bits per heavy atom. The summed E-state index contributed by atoms with van der Waals surface area (Å²) in [4.78, 5) is 25.1. The van der Waals surface area contributed by atoms with Gasteiger partial charge in [-0.1, -0.05) is 6.92 Å². The molecule has 1 fully saturated rings. The van der Waals surface area contributed by atoms with Crippen molar-refractivity contribution in [1.29, 1.82) is 0 Å². The Labute approximate surface area is 103 Å². The van der Waals surface area contributed by atoms with Crippen LogP contribution in [0.25, 0.3) is 0 Å². The standard InChI is InChI=1S/C12H23N3O2/c1-4-5-11(16)14-8-12(17)15-7-6-13-9(2)10(15)3/h9-10,13H,4-8H2,1-3H3,(H,14,16). The second kappa shape index (κ2) is 6.59. The number of rotatable bonds is 4. The monoisotopic (exact) mass is 241 g/mol. The first-order valence-electron chi connectivity index (χ1n) is 6.35. The largest absolute Gasteiger partial charge is 0.347 e. The molecule has 2 amide bonds. The van der Waals surface area contributed by atoms with Crippen LogP contribution in [0.15, 0.2) is 0 Å². The van der Waals surface area contributed by atoms with E-state index in [0.717, 1.165) is 13.0 Å². The van der Waals surface area contributed by atoms with Gasteiger partial charge in [-0.15, -0.1) is 0 Å². The van der Waals surface area contributed by atoms with Crippen molar-refractivity contribution in [1.82, 2.24) is 15.5 Å². The lowest BCUT2D eigenvalue weighted by molar-refractivity contribution is -0.136. The zero-order valence-electron chi connectivity index (χ0n) is 11.0. The fourth-order valence-electron chi connectivity index (χ4n) is 2.00. The fraction of sp³-hybridized carbons (Fsp3) is 0.833. The number of carbonyl (C=O) groups is 2. The number of hydrogen-bond donors (Lipinski definition) is 2. The summed E-state index contributed by atoms with van der Waals surface area (Å²) in [6.45, 7) is 7.70. The highest BCUT2D eigenvalue weighted by atomic mass is 16.2. The number of carbonyl (C=O) groups excluding carboxylic acids is 2. The second-order valence-electron chi connectivity index (χ2n) is 4.60. The van der Waals surface area contributed by atoms with Gasteiger partial charge in [0.2, 0.25) is 11.8 Å². The van der Waals surface area contributed by atoms with Gasteiger partial charge in [0.1, 0.15) is 0 Å². The molecule has 0 aromatic rings. The van der Waals surface area contributed by atoms with Crippen LogP contribution in [0.5, 0.6) is 0 Å². The molecule has 5 heteroatoms. The summed E-state index contributed by atoms with van der Waals surface area (Å²) in [7, 11) is 0. The maximum Gasteiger partial charge on any atom is 0.242 e. The maximum atomic E-state index is 11.9. The molecule has 0 aliphatic carbocycles. The zero-order chi connectivity index (χ0) is 12.8. The molecular weight excluding hydrogens is 218 g/mol. The van der Waals surface area contributed by atoms with Crippen LogP contribution < -0.4 is 10.6 Å². The maximum absolute atomic E-state index is 11.9. The molecule has 0 spiro atoms. The lowest BCUT2D eigenvalue weighted by Crippen LogP contribution is -2.58. The molecule has 0 saturated carbocycles. The molecule has 1 saturated heterocycles. The Morgan fingerprint density at radius 1 is 1.41 bits per heavy atom. The van der Waals surface area contributed by atoms with Gasteiger partial charge < -0.3 is 15.5 Å². The van der Waals surface area contributed by atoms with Crippen LogP contribution in [0.4, 0.5) is 0 Å². The SMILES string of the molecule is CCCC(=O)NCC(=O)N1CCNC(C)C1C. The highest BCUT2D eigenvalue weighted by Crippen LogP contribution is 2.08. The van der Waals surface area contributed by atoms with Crippen LogP contribution in [0.2, 0.25) is 0 Å². The quantitative estimate of drug-likeness (QED) is 0.734. The van der Waals surface area contributed by atoms with E-state index in [0.29, 0.717) is 19.0 Å². The van der Waals surface area contributed by atoms with E-state index >= 15 is 0 Å². The summed E-state index contributed by atoms with van der Waals surface area (Å²) in [5, 5.41) is 5.99. The van der Waals surface area contributed by atoms with E-state index in [1.54, 1.807) is 0 Å². The number of hydrogen-bond acceptors (Lipinski definition) is 3. The van der Waals surface area contributed by atoms with Gasteiger partial charge in [0, 0.05) is 31.6 Å². The van der Waals surface area contributed by atoms with Gasteiger partial charge in [-0.25, -0.2) is 0 Å². The van der Waals surface area contributed by atoms with Crippen LogP contribution in [0.3, 0.4) is 0 Å². The molecule has 0 aromatic carbocycles. The van der Waals surface area contributed by atoms with Gasteiger partial charge in [-0.3, -0.25) is 9.59 Å². The van der Waals surface area contributed by atoms with Crippen LogP contribution in [-0.4, -0.2) is 48.4 Å². The van der Waals surface area contributed by atoms with Crippen LogP contribution in [0.1, 0.15) is 33.6 Å². The van der Waals surface area contributed by atoms with E-state index in [1.807, 2.05) is 18.7 Å². The summed E-state index contributed by atoms with van der Waals surface area (Å²) >= 11 is 0. The Kier molecular flexibility index (Phi) is 5.41. The Balaban J connectivity index is 2.39. The number of nitrogens with zero attached hydrogens (tertiary/aromatic N) is 1. The molecule has 1 rings (SSSR count). The van der Waals surface area contributed by atoms with Crippen molar-refractivity contribution in [3.8, 4) is 0 Å². The van der Waals surface area contributed by atoms with Crippen molar-refractivity contribution >= 4 is 11.8 Å². The molecule has 2 N–H and O–H groups in total. The number of amides is 2. The molecule has 1 aliphatic rings. The third-order valence-electron chi connectivity index (χ3n) is 3.27. The first kappa shape index (κ1) is 14.0. The molecule has 1 heterocycles. The van der Waals surface area contributed by atoms with Crippen molar-refractivity contribution in [3.05, 3.63) is 0 Å². The summed E-state index contributed by atoms with van der Waals surface area (Å²) in [5.74, 6) is -0.0352. The van der Waals surface area contributed by atoms with Gasteiger partial charge in [-0.2, -0.15) is 0 Å².